The molecule has 4 atom stereocenters. The Bertz CT molecular complexity index is 341. The largest absolute Gasteiger partial charge is 0.364 e. The van der Waals surface area contributed by atoms with Gasteiger partial charge >= 0.3 is 0 Å². The Kier molecular flexibility index (Phi) is 2.82. The summed E-state index contributed by atoms with van der Waals surface area (Å²) in [5.74, 6) is 0.0883. The standard InChI is InChI=1S/C15H26O3/c1-5-6-12-10-16-15(17-12)9-11-7-8-14(15,4)18-13(11,2)3/h11-12H,5-10H2,1-4H3. The maximum atomic E-state index is 6.37. The van der Waals surface area contributed by atoms with E-state index < -0.39 is 5.79 Å². The molecule has 0 aromatic rings. The molecule has 3 heterocycles. The molecule has 1 spiro atoms. The fourth-order valence-electron chi connectivity index (χ4n) is 4.08. The predicted molar refractivity (Wildman–Crippen MR) is 69.4 cm³/mol. The number of fused-ring (bicyclic) bond motifs is 2. The molecule has 1 saturated carbocycles. The van der Waals surface area contributed by atoms with Crippen LogP contribution in [0.5, 0.6) is 0 Å². The Labute approximate surface area is 110 Å². The summed E-state index contributed by atoms with van der Waals surface area (Å²) in [5, 5.41) is 0. The first-order chi connectivity index (χ1) is 8.41. The van der Waals surface area contributed by atoms with E-state index in [-0.39, 0.29) is 17.3 Å². The minimum Gasteiger partial charge on any atom is -0.364 e. The molecule has 0 aromatic carbocycles. The van der Waals surface area contributed by atoms with E-state index in [0.717, 1.165) is 32.3 Å². The van der Waals surface area contributed by atoms with Gasteiger partial charge in [-0.1, -0.05) is 13.3 Å². The van der Waals surface area contributed by atoms with Gasteiger partial charge in [-0.15, -0.1) is 0 Å². The zero-order chi connectivity index (χ0) is 13.0. The molecule has 3 saturated heterocycles. The lowest BCUT2D eigenvalue weighted by molar-refractivity contribution is -0.378. The second kappa shape index (κ2) is 3.94. The van der Waals surface area contributed by atoms with E-state index in [1.54, 1.807) is 0 Å². The quantitative estimate of drug-likeness (QED) is 0.757. The Balaban J connectivity index is 1.83. The van der Waals surface area contributed by atoms with Gasteiger partial charge in [0, 0.05) is 6.42 Å². The lowest BCUT2D eigenvalue weighted by Gasteiger charge is -2.61. The highest BCUT2D eigenvalue weighted by atomic mass is 16.8. The molecule has 2 bridgehead atoms. The molecule has 4 unspecified atom stereocenters. The van der Waals surface area contributed by atoms with Crippen molar-refractivity contribution in [3.63, 3.8) is 0 Å². The SMILES string of the molecule is CCCC1COC2(CC3CCC2(C)OC3(C)C)O1. The summed E-state index contributed by atoms with van der Waals surface area (Å²) >= 11 is 0. The smallest absolute Gasteiger partial charge is 0.198 e. The summed E-state index contributed by atoms with van der Waals surface area (Å²) in [5.41, 5.74) is -0.304. The maximum Gasteiger partial charge on any atom is 0.198 e. The van der Waals surface area contributed by atoms with Crippen LogP contribution >= 0.6 is 0 Å². The average molecular weight is 254 g/mol. The summed E-state index contributed by atoms with van der Waals surface area (Å²) in [7, 11) is 0. The highest BCUT2D eigenvalue weighted by molar-refractivity contribution is 5.10. The third-order valence-electron chi connectivity index (χ3n) is 5.23. The molecule has 4 rings (SSSR count). The lowest BCUT2D eigenvalue weighted by atomic mass is 9.65. The Morgan fingerprint density at radius 2 is 2.00 bits per heavy atom. The van der Waals surface area contributed by atoms with Gasteiger partial charge in [0.1, 0.15) is 5.60 Å². The minimum absolute atomic E-state index is 0.0339. The maximum absolute atomic E-state index is 6.37. The Morgan fingerprint density at radius 3 is 2.61 bits per heavy atom. The number of rotatable bonds is 2. The molecule has 3 heteroatoms. The summed E-state index contributed by atoms with van der Waals surface area (Å²) in [4.78, 5) is 0. The molecular formula is C15H26O3. The van der Waals surface area contributed by atoms with Crippen LogP contribution in [0.25, 0.3) is 0 Å². The van der Waals surface area contributed by atoms with Crippen LogP contribution in [-0.2, 0) is 14.2 Å². The van der Waals surface area contributed by atoms with E-state index in [1.165, 1.54) is 6.42 Å². The van der Waals surface area contributed by atoms with Crippen LogP contribution in [0.1, 0.15) is 59.8 Å². The monoisotopic (exact) mass is 254 g/mol. The summed E-state index contributed by atoms with van der Waals surface area (Å²) in [6, 6.07) is 0. The summed E-state index contributed by atoms with van der Waals surface area (Å²) in [6.07, 6.45) is 5.79. The zero-order valence-electron chi connectivity index (χ0n) is 12.1. The first-order valence-electron chi connectivity index (χ1n) is 7.43. The van der Waals surface area contributed by atoms with Crippen LogP contribution in [-0.4, -0.2) is 29.7 Å². The normalized spacial score (nSPS) is 50.0. The molecule has 4 aliphatic rings. The molecule has 3 nitrogen and oxygen atoms in total. The second-order valence-electron chi connectivity index (χ2n) is 6.97. The second-order valence-corrected chi connectivity index (χ2v) is 6.97. The lowest BCUT2D eigenvalue weighted by Crippen LogP contribution is -2.68. The van der Waals surface area contributed by atoms with E-state index in [2.05, 4.69) is 27.7 Å². The molecule has 18 heavy (non-hydrogen) atoms. The molecule has 4 fully saturated rings. The fraction of sp³-hybridized carbons (Fsp3) is 1.00. The molecule has 0 N–H and O–H groups in total. The van der Waals surface area contributed by atoms with Crippen molar-refractivity contribution in [3.8, 4) is 0 Å². The van der Waals surface area contributed by atoms with Gasteiger partial charge in [-0.25, -0.2) is 0 Å². The van der Waals surface area contributed by atoms with Gasteiger partial charge < -0.3 is 14.2 Å². The van der Waals surface area contributed by atoms with Crippen molar-refractivity contribution in [1.82, 2.24) is 0 Å². The third-order valence-corrected chi connectivity index (χ3v) is 5.23. The molecule has 1 aliphatic carbocycles. The van der Waals surface area contributed by atoms with E-state index in [1.807, 2.05) is 0 Å². The van der Waals surface area contributed by atoms with Crippen LogP contribution < -0.4 is 0 Å². The van der Waals surface area contributed by atoms with Crippen LogP contribution in [0.3, 0.4) is 0 Å². The summed E-state index contributed by atoms with van der Waals surface area (Å²) in [6.45, 7) is 9.53. The first kappa shape index (κ1) is 12.9. The Hall–Kier alpha value is -0.120. The van der Waals surface area contributed by atoms with Gasteiger partial charge in [0.15, 0.2) is 5.79 Å². The van der Waals surface area contributed by atoms with Gasteiger partial charge in [-0.05, 0) is 46.0 Å². The molecule has 0 amide bonds. The highest BCUT2D eigenvalue weighted by Gasteiger charge is 2.66. The summed E-state index contributed by atoms with van der Waals surface area (Å²) < 4.78 is 18.8. The van der Waals surface area contributed by atoms with E-state index in [0.29, 0.717) is 5.92 Å². The van der Waals surface area contributed by atoms with Crippen LogP contribution in [0.15, 0.2) is 0 Å². The van der Waals surface area contributed by atoms with Gasteiger partial charge in [0.2, 0.25) is 0 Å². The number of hydrogen-bond acceptors (Lipinski definition) is 3. The van der Waals surface area contributed by atoms with Crippen LogP contribution in [0.4, 0.5) is 0 Å². The van der Waals surface area contributed by atoms with E-state index in [9.17, 15) is 0 Å². The third kappa shape index (κ3) is 1.67. The number of ether oxygens (including phenoxy) is 3. The minimum atomic E-state index is -0.467. The zero-order valence-corrected chi connectivity index (χ0v) is 12.1. The predicted octanol–water partition coefficient (Wildman–Crippen LogP) is 3.27. The highest BCUT2D eigenvalue weighted by Crippen LogP contribution is 2.58. The van der Waals surface area contributed by atoms with Crippen molar-refractivity contribution < 1.29 is 14.2 Å². The average Bonchev–Trinajstić information content (AvgIpc) is 2.66. The van der Waals surface area contributed by atoms with Gasteiger partial charge in [-0.2, -0.15) is 0 Å². The van der Waals surface area contributed by atoms with Crippen molar-refractivity contribution in [3.05, 3.63) is 0 Å². The van der Waals surface area contributed by atoms with Gasteiger partial charge in [-0.3, -0.25) is 0 Å². The molecule has 0 radical (unpaired) electrons. The van der Waals surface area contributed by atoms with Gasteiger partial charge in [0.05, 0.1) is 18.3 Å². The van der Waals surface area contributed by atoms with E-state index >= 15 is 0 Å². The Morgan fingerprint density at radius 1 is 1.22 bits per heavy atom. The number of hydrogen-bond donors (Lipinski definition) is 0. The van der Waals surface area contributed by atoms with Gasteiger partial charge in [0.25, 0.3) is 0 Å². The first-order valence-corrected chi connectivity index (χ1v) is 7.43. The fourth-order valence-corrected chi connectivity index (χ4v) is 4.08. The topological polar surface area (TPSA) is 27.7 Å². The molecule has 3 aliphatic heterocycles. The van der Waals surface area contributed by atoms with Crippen LogP contribution in [0, 0.1) is 5.92 Å². The van der Waals surface area contributed by atoms with Crippen molar-refractivity contribution in [1.29, 1.82) is 0 Å². The molecule has 104 valence electrons. The molecular weight excluding hydrogens is 228 g/mol. The van der Waals surface area contributed by atoms with E-state index in [4.69, 9.17) is 14.2 Å². The van der Waals surface area contributed by atoms with Crippen molar-refractivity contribution in [2.45, 2.75) is 82.9 Å². The molecule has 0 aromatic heterocycles. The van der Waals surface area contributed by atoms with Crippen molar-refractivity contribution in [2.24, 2.45) is 5.92 Å². The van der Waals surface area contributed by atoms with Crippen molar-refractivity contribution in [2.75, 3.05) is 6.61 Å². The van der Waals surface area contributed by atoms with Crippen molar-refractivity contribution >= 4 is 0 Å². The van der Waals surface area contributed by atoms with Crippen LogP contribution in [0.2, 0.25) is 0 Å².